The number of likely N-dealkylation sites (N-methyl/N-ethyl adjacent to an activating group) is 1. The molecule has 1 aliphatic carbocycles. The Kier molecular flexibility index (Phi) is 6.65. The third kappa shape index (κ3) is 4.94. The Morgan fingerprint density at radius 3 is 2.67 bits per heavy atom. The first-order chi connectivity index (χ1) is 8.58. The lowest BCUT2D eigenvalue weighted by atomic mass is 9.83. The van der Waals surface area contributed by atoms with Gasteiger partial charge in [0.1, 0.15) is 0 Å². The number of primary amides is 1. The van der Waals surface area contributed by atoms with Crippen LogP contribution >= 0.6 is 0 Å². The number of nitrogens with one attached hydrogen (secondary N) is 1. The molecule has 1 saturated carbocycles. The summed E-state index contributed by atoms with van der Waals surface area (Å²) < 4.78 is 5.61. The minimum absolute atomic E-state index is 0.279. The van der Waals surface area contributed by atoms with Crippen LogP contribution in [0.15, 0.2) is 0 Å². The van der Waals surface area contributed by atoms with E-state index in [9.17, 15) is 4.79 Å². The molecule has 1 fully saturated rings. The molecule has 0 aliphatic heterocycles. The van der Waals surface area contributed by atoms with Gasteiger partial charge in [-0.15, -0.1) is 0 Å². The molecule has 0 heterocycles. The Bertz CT molecular complexity index is 254. The second kappa shape index (κ2) is 7.74. The van der Waals surface area contributed by atoms with Gasteiger partial charge in [0.15, 0.2) is 0 Å². The van der Waals surface area contributed by atoms with E-state index in [4.69, 9.17) is 10.5 Å². The van der Waals surface area contributed by atoms with Crippen LogP contribution in [0.1, 0.15) is 52.4 Å². The minimum Gasteiger partial charge on any atom is -0.381 e. The largest absolute Gasteiger partial charge is 0.381 e. The molecule has 0 aromatic carbocycles. The standard InChI is InChI=1S/C14H28N2O2/c1-3-16-14(2,13(15)17)9-5-10-18-11-8-12-6-4-7-12/h12,16H,3-11H2,1-2H3,(H2,15,17). The van der Waals surface area contributed by atoms with Crippen molar-refractivity contribution in [3.8, 4) is 0 Å². The first-order valence-corrected chi connectivity index (χ1v) is 7.21. The van der Waals surface area contributed by atoms with E-state index >= 15 is 0 Å². The molecule has 1 atom stereocenters. The van der Waals surface area contributed by atoms with Crippen molar-refractivity contribution >= 4 is 5.91 Å². The third-order valence-electron chi connectivity index (χ3n) is 3.97. The fraction of sp³-hybridized carbons (Fsp3) is 0.929. The fourth-order valence-corrected chi connectivity index (χ4v) is 2.35. The van der Waals surface area contributed by atoms with Crippen LogP contribution in [0.4, 0.5) is 0 Å². The van der Waals surface area contributed by atoms with Crippen LogP contribution in [0.5, 0.6) is 0 Å². The Hall–Kier alpha value is -0.610. The smallest absolute Gasteiger partial charge is 0.237 e. The number of ether oxygens (including phenoxy) is 1. The molecule has 1 rings (SSSR count). The molecular formula is C14H28N2O2. The molecule has 0 saturated heterocycles. The normalized spacial score (nSPS) is 19.2. The zero-order chi connectivity index (χ0) is 13.4. The quantitative estimate of drug-likeness (QED) is 0.586. The molecule has 0 bridgehead atoms. The van der Waals surface area contributed by atoms with Crippen molar-refractivity contribution in [2.45, 2.75) is 57.9 Å². The number of rotatable bonds is 10. The maximum absolute atomic E-state index is 11.4. The van der Waals surface area contributed by atoms with E-state index < -0.39 is 5.54 Å². The maximum Gasteiger partial charge on any atom is 0.237 e. The van der Waals surface area contributed by atoms with Gasteiger partial charge in [-0.25, -0.2) is 0 Å². The van der Waals surface area contributed by atoms with Crippen molar-refractivity contribution < 1.29 is 9.53 Å². The molecule has 0 aromatic heterocycles. The predicted octanol–water partition coefficient (Wildman–Crippen LogP) is 1.83. The van der Waals surface area contributed by atoms with Crippen LogP contribution in [0.3, 0.4) is 0 Å². The summed E-state index contributed by atoms with van der Waals surface area (Å²) in [6, 6.07) is 0. The molecule has 0 aromatic rings. The van der Waals surface area contributed by atoms with Crippen molar-refractivity contribution in [3.63, 3.8) is 0 Å². The van der Waals surface area contributed by atoms with Crippen LogP contribution in [0, 0.1) is 5.92 Å². The Morgan fingerprint density at radius 1 is 1.44 bits per heavy atom. The topological polar surface area (TPSA) is 64.3 Å². The second-order valence-electron chi connectivity index (χ2n) is 5.53. The van der Waals surface area contributed by atoms with E-state index in [1.807, 2.05) is 13.8 Å². The van der Waals surface area contributed by atoms with E-state index in [0.29, 0.717) is 0 Å². The summed E-state index contributed by atoms with van der Waals surface area (Å²) in [6.07, 6.45) is 6.95. The van der Waals surface area contributed by atoms with E-state index in [2.05, 4.69) is 5.32 Å². The fourth-order valence-electron chi connectivity index (χ4n) is 2.35. The third-order valence-corrected chi connectivity index (χ3v) is 3.97. The van der Waals surface area contributed by atoms with Gasteiger partial charge in [-0.3, -0.25) is 4.79 Å². The lowest BCUT2D eigenvalue weighted by Gasteiger charge is -2.27. The molecule has 3 N–H and O–H groups in total. The van der Waals surface area contributed by atoms with Gasteiger partial charge in [0, 0.05) is 13.2 Å². The van der Waals surface area contributed by atoms with E-state index in [1.54, 1.807) is 0 Å². The monoisotopic (exact) mass is 256 g/mol. The number of nitrogens with two attached hydrogens (primary N) is 1. The predicted molar refractivity (Wildman–Crippen MR) is 73.3 cm³/mol. The summed E-state index contributed by atoms with van der Waals surface area (Å²) in [5.41, 5.74) is 4.83. The molecule has 0 spiro atoms. The highest BCUT2D eigenvalue weighted by molar-refractivity contribution is 5.84. The summed E-state index contributed by atoms with van der Waals surface area (Å²) in [4.78, 5) is 11.4. The average molecular weight is 256 g/mol. The summed E-state index contributed by atoms with van der Waals surface area (Å²) in [5.74, 6) is 0.626. The minimum atomic E-state index is -0.591. The van der Waals surface area contributed by atoms with E-state index in [0.717, 1.165) is 38.5 Å². The van der Waals surface area contributed by atoms with E-state index in [1.165, 1.54) is 25.7 Å². The molecule has 0 radical (unpaired) electrons. The van der Waals surface area contributed by atoms with Gasteiger partial charge in [0.25, 0.3) is 0 Å². The Balaban J connectivity index is 2.05. The zero-order valence-corrected chi connectivity index (χ0v) is 11.8. The van der Waals surface area contributed by atoms with Crippen molar-refractivity contribution in [3.05, 3.63) is 0 Å². The molecule has 1 aliphatic rings. The van der Waals surface area contributed by atoms with Gasteiger partial charge in [-0.05, 0) is 38.6 Å². The lowest BCUT2D eigenvalue weighted by Crippen LogP contribution is -2.53. The van der Waals surface area contributed by atoms with E-state index in [-0.39, 0.29) is 5.91 Å². The highest BCUT2D eigenvalue weighted by Crippen LogP contribution is 2.29. The van der Waals surface area contributed by atoms with Gasteiger partial charge >= 0.3 is 0 Å². The number of hydrogen-bond donors (Lipinski definition) is 2. The van der Waals surface area contributed by atoms with Crippen LogP contribution < -0.4 is 11.1 Å². The van der Waals surface area contributed by atoms with Crippen LogP contribution in [-0.4, -0.2) is 31.2 Å². The molecule has 18 heavy (non-hydrogen) atoms. The first-order valence-electron chi connectivity index (χ1n) is 7.21. The molecule has 1 amide bonds. The number of carbonyl (C=O) groups is 1. The Labute approximate surface area is 111 Å². The molecule has 4 heteroatoms. The van der Waals surface area contributed by atoms with Crippen molar-refractivity contribution in [1.82, 2.24) is 5.32 Å². The van der Waals surface area contributed by atoms with Crippen LogP contribution in [0.25, 0.3) is 0 Å². The average Bonchev–Trinajstić information content (AvgIpc) is 2.25. The van der Waals surface area contributed by atoms with Crippen molar-refractivity contribution in [2.24, 2.45) is 11.7 Å². The maximum atomic E-state index is 11.4. The van der Waals surface area contributed by atoms with Gasteiger partial charge < -0.3 is 15.8 Å². The summed E-state index contributed by atoms with van der Waals surface area (Å²) in [6.45, 7) is 6.19. The molecule has 106 valence electrons. The number of hydrogen-bond acceptors (Lipinski definition) is 3. The zero-order valence-electron chi connectivity index (χ0n) is 11.8. The first kappa shape index (κ1) is 15.4. The summed E-state index contributed by atoms with van der Waals surface area (Å²) in [5, 5.41) is 3.16. The SMILES string of the molecule is CCNC(C)(CCCOCCC1CCC1)C(N)=O. The molecule has 1 unspecified atom stereocenters. The second-order valence-corrected chi connectivity index (χ2v) is 5.53. The summed E-state index contributed by atoms with van der Waals surface area (Å²) in [7, 11) is 0. The van der Waals surface area contributed by atoms with Gasteiger partial charge in [-0.2, -0.15) is 0 Å². The van der Waals surface area contributed by atoms with Gasteiger partial charge in [-0.1, -0.05) is 26.2 Å². The highest BCUT2D eigenvalue weighted by Gasteiger charge is 2.28. The number of amides is 1. The Morgan fingerprint density at radius 2 is 2.17 bits per heavy atom. The van der Waals surface area contributed by atoms with Crippen molar-refractivity contribution in [1.29, 1.82) is 0 Å². The number of carbonyl (C=O) groups excluding carboxylic acids is 1. The van der Waals surface area contributed by atoms with Crippen molar-refractivity contribution in [2.75, 3.05) is 19.8 Å². The molecular weight excluding hydrogens is 228 g/mol. The van der Waals surface area contributed by atoms with Gasteiger partial charge in [0.05, 0.1) is 5.54 Å². The highest BCUT2D eigenvalue weighted by atomic mass is 16.5. The van der Waals surface area contributed by atoms with Crippen LogP contribution in [0.2, 0.25) is 0 Å². The summed E-state index contributed by atoms with van der Waals surface area (Å²) >= 11 is 0. The lowest BCUT2D eigenvalue weighted by molar-refractivity contribution is -0.124. The van der Waals surface area contributed by atoms with Crippen LogP contribution in [-0.2, 0) is 9.53 Å². The van der Waals surface area contributed by atoms with Gasteiger partial charge in [0.2, 0.25) is 5.91 Å². The molecule has 4 nitrogen and oxygen atoms in total.